The Morgan fingerprint density at radius 2 is 0.750 bits per heavy atom. The highest BCUT2D eigenvalue weighted by Crippen LogP contribution is 2.38. The number of hydrogen-bond acceptors (Lipinski definition) is 4. The highest BCUT2D eigenvalue weighted by Gasteiger charge is 2.17. The van der Waals surface area contributed by atoms with E-state index in [-0.39, 0.29) is 13.2 Å². The van der Waals surface area contributed by atoms with E-state index < -0.39 is 7.82 Å². The van der Waals surface area contributed by atoms with Crippen LogP contribution in [0.15, 0.2) is 0 Å². The summed E-state index contributed by atoms with van der Waals surface area (Å²) in [5.41, 5.74) is 0. The van der Waals surface area contributed by atoms with E-state index in [1.54, 1.807) is 0 Å². The van der Waals surface area contributed by atoms with E-state index in [1.165, 1.54) is 148 Å². The lowest BCUT2D eigenvalue weighted by Crippen LogP contribution is -2.43. The summed E-state index contributed by atoms with van der Waals surface area (Å²) in [7, 11) is 0.140. The maximum Gasteiger partial charge on any atom is 0.268 e. The Morgan fingerprint density at radius 1 is 0.450 bits per heavy atom. The molecule has 0 rings (SSSR count). The molecule has 0 fully saturated rings. The quantitative estimate of drug-likeness (QED) is 0.0434. The standard InChI is InChI=1S/C34H72NO4P/c1-5-7-9-11-13-15-17-19-20-21-23-25-27-29-31-35(3,4)32-34-39-40(36,37)38-33-30-28-26-24-22-18-16-14-12-10-8-6-2/h5-34H2,1-4H3. The average molecular weight is 590 g/mol. The van der Waals surface area contributed by atoms with Gasteiger partial charge in [-0.1, -0.05) is 162 Å². The molecule has 0 bridgehead atoms. The number of nitrogens with zero attached hydrogens (tertiary/aromatic N) is 1. The summed E-state index contributed by atoms with van der Waals surface area (Å²) in [6.45, 7) is 6.73. The number of unbranched alkanes of at least 4 members (excludes halogenated alkanes) is 24. The summed E-state index contributed by atoms with van der Waals surface area (Å²) in [5.74, 6) is 0. The topological polar surface area (TPSA) is 58.6 Å². The molecule has 242 valence electrons. The van der Waals surface area contributed by atoms with Crippen molar-refractivity contribution >= 4 is 7.82 Å². The minimum Gasteiger partial charge on any atom is -0.756 e. The van der Waals surface area contributed by atoms with Gasteiger partial charge in [-0.15, -0.1) is 0 Å². The smallest absolute Gasteiger partial charge is 0.268 e. The molecule has 0 aliphatic carbocycles. The Bertz CT molecular complexity index is 558. The third kappa shape index (κ3) is 31.0. The fraction of sp³-hybridized carbons (Fsp3) is 1.00. The van der Waals surface area contributed by atoms with Gasteiger partial charge in [0.05, 0.1) is 27.2 Å². The average Bonchev–Trinajstić information content (AvgIpc) is 2.91. The van der Waals surface area contributed by atoms with Crippen LogP contribution in [0, 0.1) is 0 Å². The van der Waals surface area contributed by atoms with Crippen molar-refractivity contribution in [1.29, 1.82) is 0 Å². The molecule has 0 aromatic carbocycles. The first-order valence-electron chi connectivity index (χ1n) is 17.7. The zero-order chi connectivity index (χ0) is 29.6. The molecule has 0 N–H and O–H groups in total. The van der Waals surface area contributed by atoms with E-state index in [0.717, 1.165) is 30.3 Å². The fourth-order valence-electron chi connectivity index (χ4n) is 5.40. The Balaban J connectivity index is 3.53. The first-order chi connectivity index (χ1) is 19.3. The molecule has 0 spiro atoms. The third-order valence-corrected chi connectivity index (χ3v) is 9.31. The van der Waals surface area contributed by atoms with Gasteiger partial charge in [0.15, 0.2) is 0 Å². The van der Waals surface area contributed by atoms with Crippen LogP contribution in [-0.2, 0) is 13.6 Å². The SMILES string of the molecule is CCCCCCCCCCCCCCCC[N+](C)(C)CCOP(=O)([O-])OCCCCCCCCCCCCCC. The minimum absolute atomic E-state index is 0.199. The van der Waals surface area contributed by atoms with Crippen LogP contribution in [0.3, 0.4) is 0 Å². The molecule has 0 amide bonds. The predicted octanol–water partition coefficient (Wildman–Crippen LogP) is 10.7. The number of phosphoric ester groups is 1. The molecule has 0 aromatic heterocycles. The van der Waals surface area contributed by atoms with Crippen LogP contribution >= 0.6 is 7.82 Å². The first kappa shape index (κ1) is 40.1. The molecule has 40 heavy (non-hydrogen) atoms. The van der Waals surface area contributed by atoms with E-state index >= 15 is 0 Å². The Kier molecular flexibility index (Phi) is 29.2. The second-order valence-electron chi connectivity index (χ2n) is 13.0. The Labute approximate surface area is 251 Å². The Morgan fingerprint density at radius 3 is 1.12 bits per heavy atom. The maximum absolute atomic E-state index is 12.1. The second-order valence-corrected chi connectivity index (χ2v) is 14.4. The number of rotatable bonds is 33. The van der Waals surface area contributed by atoms with Gasteiger partial charge in [-0.3, -0.25) is 4.57 Å². The summed E-state index contributed by atoms with van der Waals surface area (Å²) < 4.78 is 23.1. The van der Waals surface area contributed by atoms with Crippen molar-refractivity contribution in [1.82, 2.24) is 0 Å². The number of quaternary nitrogens is 1. The molecule has 0 aromatic rings. The largest absolute Gasteiger partial charge is 0.756 e. The van der Waals surface area contributed by atoms with Crippen molar-refractivity contribution in [3.05, 3.63) is 0 Å². The molecular formula is C34H72NO4P. The van der Waals surface area contributed by atoms with Gasteiger partial charge < -0.3 is 18.4 Å². The first-order valence-corrected chi connectivity index (χ1v) is 19.2. The molecule has 5 nitrogen and oxygen atoms in total. The lowest BCUT2D eigenvalue weighted by Gasteiger charge is -2.31. The molecule has 6 heteroatoms. The van der Waals surface area contributed by atoms with Gasteiger partial charge in [-0.2, -0.15) is 0 Å². The molecule has 0 aliphatic rings. The van der Waals surface area contributed by atoms with E-state index in [0.29, 0.717) is 6.54 Å². The molecule has 0 heterocycles. The fourth-order valence-corrected chi connectivity index (χ4v) is 6.14. The number of hydrogen-bond donors (Lipinski definition) is 0. The van der Waals surface area contributed by atoms with Crippen molar-refractivity contribution in [2.24, 2.45) is 0 Å². The maximum atomic E-state index is 12.1. The molecule has 1 atom stereocenters. The van der Waals surface area contributed by atoms with E-state index in [9.17, 15) is 9.46 Å². The van der Waals surface area contributed by atoms with E-state index in [4.69, 9.17) is 9.05 Å². The summed E-state index contributed by atoms with van der Waals surface area (Å²) in [5, 5.41) is 0. The van der Waals surface area contributed by atoms with Gasteiger partial charge in [-0.05, 0) is 19.3 Å². The van der Waals surface area contributed by atoms with Gasteiger partial charge in [-0.25, -0.2) is 0 Å². The van der Waals surface area contributed by atoms with Crippen molar-refractivity contribution in [3.63, 3.8) is 0 Å². The van der Waals surface area contributed by atoms with Crippen LogP contribution in [-0.4, -0.2) is 44.9 Å². The molecule has 0 radical (unpaired) electrons. The van der Waals surface area contributed by atoms with Crippen LogP contribution in [0.5, 0.6) is 0 Å². The number of phosphoric acid groups is 1. The van der Waals surface area contributed by atoms with Crippen molar-refractivity contribution < 1.29 is 23.0 Å². The molecule has 0 aliphatic heterocycles. The Hall–Kier alpha value is 0.0700. The highest BCUT2D eigenvalue weighted by atomic mass is 31.2. The molecule has 0 saturated heterocycles. The lowest BCUT2D eigenvalue weighted by atomic mass is 10.0. The van der Waals surface area contributed by atoms with Crippen LogP contribution in [0.1, 0.15) is 181 Å². The zero-order valence-electron chi connectivity index (χ0n) is 27.7. The number of likely N-dealkylation sites (N-methyl/N-ethyl adjacent to an activating group) is 1. The second kappa shape index (κ2) is 29.2. The van der Waals surface area contributed by atoms with Crippen molar-refractivity contribution in [2.75, 3.05) is 40.4 Å². The van der Waals surface area contributed by atoms with Crippen LogP contribution < -0.4 is 4.89 Å². The van der Waals surface area contributed by atoms with Gasteiger partial charge in [0, 0.05) is 0 Å². The van der Waals surface area contributed by atoms with Crippen LogP contribution in [0.25, 0.3) is 0 Å². The van der Waals surface area contributed by atoms with Gasteiger partial charge >= 0.3 is 0 Å². The summed E-state index contributed by atoms with van der Waals surface area (Å²) >= 11 is 0. The molecule has 1 unspecified atom stereocenters. The predicted molar refractivity (Wildman–Crippen MR) is 173 cm³/mol. The van der Waals surface area contributed by atoms with E-state index in [1.807, 2.05) is 0 Å². The minimum atomic E-state index is -4.18. The normalized spacial score (nSPS) is 13.6. The van der Waals surface area contributed by atoms with Crippen molar-refractivity contribution in [2.45, 2.75) is 181 Å². The summed E-state index contributed by atoms with van der Waals surface area (Å²) in [6, 6.07) is 0. The molecule has 0 saturated carbocycles. The highest BCUT2D eigenvalue weighted by molar-refractivity contribution is 7.45. The summed E-state index contributed by atoms with van der Waals surface area (Å²) in [4.78, 5) is 12.1. The van der Waals surface area contributed by atoms with Crippen LogP contribution in [0.2, 0.25) is 0 Å². The third-order valence-electron chi connectivity index (χ3n) is 8.31. The van der Waals surface area contributed by atoms with Crippen LogP contribution in [0.4, 0.5) is 0 Å². The molecular weight excluding hydrogens is 517 g/mol. The van der Waals surface area contributed by atoms with E-state index in [2.05, 4.69) is 27.9 Å². The van der Waals surface area contributed by atoms with Crippen molar-refractivity contribution in [3.8, 4) is 0 Å². The van der Waals surface area contributed by atoms with Gasteiger partial charge in [0.1, 0.15) is 13.2 Å². The lowest BCUT2D eigenvalue weighted by molar-refractivity contribution is -0.890. The van der Waals surface area contributed by atoms with Gasteiger partial charge in [0.25, 0.3) is 7.82 Å². The van der Waals surface area contributed by atoms with Gasteiger partial charge in [0.2, 0.25) is 0 Å². The monoisotopic (exact) mass is 590 g/mol. The zero-order valence-corrected chi connectivity index (χ0v) is 28.6. The summed E-state index contributed by atoms with van der Waals surface area (Å²) in [6.07, 6.45) is 34.2.